The summed E-state index contributed by atoms with van der Waals surface area (Å²) in [5.74, 6) is 0.339. The SMILES string of the molecule is C[C@H]1C[C@@H](CO)CN1c1cc(-c2ccc3c(c2)ncn3C2CCCCC2)c2nc[nH]c2c1. The summed E-state index contributed by atoms with van der Waals surface area (Å²) in [7, 11) is 0. The Morgan fingerprint density at radius 1 is 1.09 bits per heavy atom. The molecular formula is C26H31N5O. The first kappa shape index (κ1) is 19.8. The van der Waals surface area contributed by atoms with Crippen molar-refractivity contribution in [2.45, 2.75) is 57.5 Å². The first-order valence-corrected chi connectivity index (χ1v) is 12.0. The summed E-state index contributed by atoms with van der Waals surface area (Å²) in [4.78, 5) is 15.1. The molecule has 0 unspecified atom stereocenters. The molecule has 2 fully saturated rings. The summed E-state index contributed by atoms with van der Waals surface area (Å²) >= 11 is 0. The third-order valence-electron chi connectivity index (χ3n) is 7.61. The fraction of sp³-hybridized carbons (Fsp3) is 0.462. The fourth-order valence-corrected chi connectivity index (χ4v) is 5.90. The number of anilines is 1. The number of aliphatic hydroxyl groups is 1. The minimum absolute atomic E-state index is 0.250. The van der Waals surface area contributed by atoms with Gasteiger partial charge in [0.25, 0.3) is 0 Å². The van der Waals surface area contributed by atoms with Gasteiger partial charge in [0.2, 0.25) is 0 Å². The Labute approximate surface area is 188 Å². The van der Waals surface area contributed by atoms with Crippen molar-refractivity contribution in [2.75, 3.05) is 18.1 Å². The van der Waals surface area contributed by atoms with E-state index >= 15 is 0 Å². The highest BCUT2D eigenvalue weighted by atomic mass is 16.3. The van der Waals surface area contributed by atoms with E-state index in [4.69, 9.17) is 4.98 Å². The first-order chi connectivity index (χ1) is 15.7. The molecule has 1 saturated carbocycles. The van der Waals surface area contributed by atoms with Gasteiger partial charge in [-0.1, -0.05) is 25.3 Å². The van der Waals surface area contributed by atoms with E-state index in [1.165, 1.54) is 43.3 Å². The van der Waals surface area contributed by atoms with E-state index in [9.17, 15) is 5.11 Å². The highest BCUT2D eigenvalue weighted by Crippen LogP contribution is 2.37. The topological polar surface area (TPSA) is 70.0 Å². The molecule has 2 atom stereocenters. The Bertz CT molecular complexity index is 1250. The van der Waals surface area contributed by atoms with Crippen LogP contribution in [-0.4, -0.2) is 43.8 Å². The zero-order valence-electron chi connectivity index (χ0n) is 18.7. The summed E-state index contributed by atoms with van der Waals surface area (Å²) in [5.41, 5.74) is 7.79. The van der Waals surface area contributed by atoms with Crippen LogP contribution in [0.5, 0.6) is 0 Å². The van der Waals surface area contributed by atoms with E-state index in [-0.39, 0.29) is 6.61 Å². The third kappa shape index (κ3) is 3.28. The minimum atomic E-state index is 0.250. The zero-order valence-corrected chi connectivity index (χ0v) is 18.7. The summed E-state index contributed by atoms with van der Waals surface area (Å²) in [6.45, 7) is 3.39. The molecule has 1 aliphatic heterocycles. The Hall–Kier alpha value is -2.86. The van der Waals surface area contributed by atoms with E-state index in [1.54, 1.807) is 6.33 Å². The molecule has 32 heavy (non-hydrogen) atoms. The van der Waals surface area contributed by atoms with Crippen LogP contribution in [-0.2, 0) is 0 Å². The van der Waals surface area contributed by atoms with Crippen LogP contribution in [0.1, 0.15) is 51.5 Å². The van der Waals surface area contributed by atoms with E-state index in [0.29, 0.717) is 18.0 Å². The average Bonchev–Trinajstić information content (AvgIpc) is 3.56. The summed E-state index contributed by atoms with van der Waals surface area (Å²) < 4.78 is 2.39. The molecule has 2 aromatic heterocycles. The van der Waals surface area contributed by atoms with Crippen molar-refractivity contribution < 1.29 is 5.11 Å². The smallest absolute Gasteiger partial charge is 0.0962 e. The Balaban J connectivity index is 1.41. The fourth-order valence-electron chi connectivity index (χ4n) is 5.90. The van der Waals surface area contributed by atoms with Crippen molar-refractivity contribution in [3.05, 3.63) is 43.0 Å². The van der Waals surface area contributed by atoms with Crippen LogP contribution in [0.2, 0.25) is 0 Å². The molecule has 6 nitrogen and oxygen atoms in total. The highest BCUT2D eigenvalue weighted by molar-refractivity contribution is 5.97. The number of imidazole rings is 2. The van der Waals surface area contributed by atoms with Gasteiger partial charge in [-0.05, 0) is 56.0 Å². The number of nitrogens with zero attached hydrogens (tertiary/aromatic N) is 4. The summed E-state index contributed by atoms with van der Waals surface area (Å²) in [6, 6.07) is 12.1. The van der Waals surface area contributed by atoms with Crippen LogP contribution < -0.4 is 4.90 Å². The molecule has 0 radical (unpaired) electrons. The van der Waals surface area contributed by atoms with Crippen LogP contribution in [0.4, 0.5) is 5.69 Å². The molecule has 2 aromatic carbocycles. The maximum absolute atomic E-state index is 9.66. The van der Waals surface area contributed by atoms with Crippen molar-refractivity contribution in [3.63, 3.8) is 0 Å². The maximum atomic E-state index is 9.66. The second-order valence-corrected chi connectivity index (χ2v) is 9.72. The molecule has 6 heteroatoms. The van der Waals surface area contributed by atoms with Gasteiger partial charge in [-0.15, -0.1) is 0 Å². The second-order valence-electron chi connectivity index (χ2n) is 9.72. The first-order valence-electron chi connectivity index (χ1n) is 12.0. The summed E-state index contributed by atoms with van der Waals surface area (Å²) in [6.07, 6.45) is 11.3. The third-order valence-corrected chi connectivity index (χ3v) is 7.61. The molecule has 0 amide bonds. The van der Waals surface area contributed by atoms with Gasteiger partial charge in [0.1, 0.15) is 0 Å². The maximum Gasteiger partial charge on any atom is 0.0962 e. The standard InChI is InChI=1S/C26H31N5O/c1-17-9-18(14-32)13-30(17)21-11-22(26-24(12-21)27-15-28-26)19-7-8-25-23(10-19)29-16-31(25)20-5-3-2-4-6-20/h7-8,10-12,15-18,20,32H,2-6,9,13-14H2,1H3,(H,27,28)/t17-,18+/m0/s1. The summed E-state index contributed by atoms with van der Waals surface area (Å²) in [5, 5.41) is 9.66. The minimum Gasteiger partial charge on any atom is -0.396 e. The van der Waals surface area contributed by atoms with Gasteiger partial charge >= 0.3 is 0 Å². The monoisotopic (exact) mass is 429 g/mol. The number of rotatable bonds is 4. The molecule has 3 heterocycles. The molecular weight excluding hydrogens is 398 g/mol. The van der Waals surface area contributed by atoms with Crippen molar-refractivity contribution >= 4 is 27.8 Å². The van der Waals surface area contributed by atoms with E-state index in [1.807, 2.05) is 6.33 Å². The van der Waals surface area contributed by atoms with Crippen LogP contribution >= 0.6 is 0 Å². The second kappa shape index (κ2) is 7.93. The van der Waals surface area contributed by atoms with Crippen molar-refractivity contribution in [1.82, 2.24) is 19.5 Å². The lowest BCUT2D eigenvalue weighted by Gasteiger charge is -2.25. The largest absolute Gasteiger partial charge is 0.396 e. The molecule has 1 aliphatic carbocycles. The molecule has 2 aliphatic rings. The number of fused-ring (bicyclic) bond motifs is 2. The van der Waals surface area contributed by atoms with Crippen LogP contribution in [0.25, 0.3) is 33.2 Å². The Morgan fingerprint density at radius 2 is 1.97 bits per heavy atom. The van der Waals surface area contributed by atoms with Crippen LogP contribution in [0.15, 0.2) is 43.0 Å². The van der Waals surface area contributed by atoms with Gasteiger partial charge in [-0.2, -0.15) is 0 Å². The van der Waals surface area contributed by atoms with Crippen molar-refractivity contribution in [1.29, 1.82) is 0 Å². The predicted molar refractivity (Wildman–Crippen MR) is 129 cm³/mol. The van der Waals surface area contributed by atoms with Gasteiger partial charge < -0.3 is 19.6 Å². The number of benzene rings is 2. The Morgan fingerprint density at radius 3 is 2.78 bits per heavy atom. The average molecular weight is 430 g/mol. The van der Waals surface area contributed by atoms with Gasteiger partial charge in [-0.25, -0.2) is 9.97 Å². The normalized spacial score (nSPS) is 22.4. The number of hydrogen-bond donors (Lipinski definition) is 2. The highest BCUT2D eigenvalue weighted by Gasteiger charge is 2.29. The molecule has 4 aromatic rings. The quantitative estimate of drug-likeness (QED) is 0.462. The van der Waals surface area contributed by atoms with Crippen molar-refractivity contribution in [2.24, 2.45) is 5.92 Å². The van der Waals surface area contributed by atoms with Crippen LogP contribution in [0.3, 0.4) is 0 Å². The number of nitrogens with one attached hydrogen (secondary N) is 1. The Kier molecular flexibility index (Phi) is 4.90. The number of hydrogen-bond acceptors (Lipinski definition) is 4. The van der Waals surface area contributed by atoms with Gasteiger partial charge in [0, 0.05) is 42.4 Å². The van der Waals surface area contributed by atoms with Gasteiger partial charge in [0.15, 0.2) is 0 Å². The number of aromatic amines is 1. The van der Waals surface area contributed by atoms with Crippen molar-refractivity contribution in [3.8, 4) is 11.1 Å². The molecule has 1 saturated heterocycles. The zero-order chi connectivity index (χ0) is 21.7. The number of aromatic nitrogens is 4. The van der Waals surface area contributed by atoms with E-state index in [2.05, 4.69) is 56.7 Å². The van der Waals surface area contributed by atoms with Gasteiger partial charge in [0.05, 0.1) is 34.7 Å². The van der Waals surface area contributed by atoms with E-state index in [0.717, 1.165) is 40.6 Å². The van der Waals surface area contributed by atoms with Crippen LogP contribution in [0, 0.1) is 5.92 Å². The predicted octanol–water partition coefficient (Wildman–Crippen LogP) is 5.29. The molecule has 6 rings (SSSR count). The molecule has 0 spiro atoms. The number of aliphatic hydroxyl groups excluding tert-OH is 1. The molecule has 2 N–H and O–H groups in total. The van der Waals surface area contributed by atoms with E-state index < -0.39 is 0 Å². The van der Waals surface area contributed by atoms with Gasteiger partial charge in [-0.3, -0.25) is 0 Å². The molecule has 0 bridgehead atoms. The number of H-pyrrole nitrogens is 1. The molecule has 166 valence electrons. The lowest BCUT2D eigenvalue weighted by Crippen LogP contribution is -2.27. The lowest BCUT2D eigenvalue weighted by molar-refractivity contribution is 0.236. The lowest BCUT2D eigenvalue weighted by atomic mass is 9.95.